The summed E-state index contributed by atoms with van der Waals surface area (Å²) >= 11 is 0. The van der Waals surface area contributed by atoms with Gasteiger partial charge in [-0.15, -0.1) is 6.42 Å². The fourth-order valence-corrected chi connectivity index (χ4v) is 1.27. The van der Waals surface area contributed by atoms with Crippen molar-refractivity contribution >= 4 is 0 Å². The number of aliphatic hydroxyl groups excluding tert-OH is 1. The number of aliphatic hydroxyl groups is 1. The van der Waals surface area contributed by atoms with E-state index in [1.54, 1.807) is 12.1 Å². The number of hydrogen-bond donors (Lipinski definition) is 1. The predicted molar refractivity (Wildman–Crippen MR) is 44.8 cm³/mol. The van der Waals surface area contributed by atoms with E-state index in [-0.39, 0.29) is 6.61 Å². The molecular weight excluding hydrogens is 152 g/mol. The summed E-state index contributed by atoms with van der Waals surface area (Å²) < 4.78 is 5.18. The Morgan fingerprint density at radius 2 is 2.08 bits per heavy atom. The molecule has 0 unspecified atom stereocenters. The molecule has 60 valence electrons. The van der Waals surface area contributed by atoms with Gasteiger partial charge in [-0.3, -0.25) is 0 Å². The van der Waals surface area contributed by atoms with Gasteiger partial charge in [-0.05, 0) is 29.3 Å². The summed E-state index contributed by atoms with van der Waals surface area (Å²) in [7, 11) is 0. The van der Waals surface area contributed by atoms with Crippen LogP contribution >= 0.6 is 0 Å². The zero-order valence-electron chi connectivity index (χ0n) is 6.45. The Kier molecular flexibility index (Phi) is 1.53. The van der Waals surface area contributed by atoms with Crippen LogP contribution in [0.5, 0.6) is 5.75 Å². The Labute approximate surface area is 70.8 Å². The van der Waals surface area contributed by atoms with Crippen LogP contribution in [0.1, 0.15) is 17.2 Å². The van der Waals surface area contributed by atoms with E-state index in [2.05, 4.69) is 5.92 Å². The van der Waals surface area contributed by atoms with Crippen LogP contribution < -0.4 is 4.74 Å². The molecule has 0 aromatic heterocycles. The SMILES string of the molecule is C#CCOc1cc2cc(c1)C2O. The first-order valence-electron chi connectivity index (χ1n) is 3.70. The van der Waals surface area contributed by atoms with Crippen molar-refractivity contribution in [2.24, 2.45) is 0 Å². The van der Waals surface area contributed by atoms with Crippen LogP contribution in [-0.2, 0) is 0 Å². The second-order valence-corrected chi connectivity index (χ2v) is 2.73. The van der Waals surface area contributed by atoms with Crippen molar-refractivity contribution in [2.45, 2.75) is 6.10 Å². The van der Waals surface area contributed by atoms with E-state index >= 15 is 0 Å². The highest BCUT2D eigenvalue weighted by Gasteiger charge is 2.22. The van der Waals surface area contributed by atoms with Gasteiger partial charge < -0.3 is 9.84 Å². The lowest BCUT2D eigenvalue weighted by Gasteiger charge is -2.23. The molecule has 2 nitrogen and oxygen atoms in total. The molecule has 3 rings (SSSR count). The average Bonchev–Trinajstić information content (AvgIpc) is 2.14. The second-order valence-electron chi connectivity index (χ2n) is 2.73. The minimum Gasteiger partial charge on any atom is -0.481 e. The maximum atomic E-state index is 9.29. The molecule has 2 bridgehead atoms. The monoisotopic (exact) mass is 160 g/mol. The van der Waals surface area contributed by atoms with E-state index < -0.39 is 6.10 Å². The van der Waals surface area contributed by atoms with Crippen LogP contribution in [0.15, 0.2) is 18.2 Å². The van der Waals surface area contributed by atoms with Gasteiger partial charge in [0.05, 0.1) is 0 Å². The smallest absolute Gasteiger partial charge is 0.148 e. The Morgan fingerprint density at radius 3 is 2.58 bits per heavy atom. The van der Waals surface area contributed by atoms with Crippen LogP contribution in [0.2, 0.25) is 0 Å². The number of fused-ring (bicyclic) bond motifs is 2. The van der Waals surface area contributed by atoms with E-state index in [1.165, 1.54) is 0 Å². The number of rotatable bonds is 2. The van der Waals surface area contributed by atoms with E-state index in [4.69, 9.17) is 11.2 Å². The molecule has 0 atom stereocenters. The highest BCUT2D eigenvalue weighted by Crippen LogP contribution is 2.36. The van der Waals surface area contributed by atoms with E-state index in [0.29, 0.717) is 0 Å². The zero-order valence-corrected chi connectivity index (χ0v) is 6.45. The Morgan fingerprint density at radius 1 is 1.42 bits per heavy atom. The van der Waals surface area contributed by atoms with E-state index in [1.807, 2.05) is 6.07 Å². The molecule has 0 saturated heterocycles. The van der Waals surface area contributed by atoms with Crippen molar-refractivity contribution in [3.05, 3.63) is 29.3 Å². The van der Waals surface area contributed by atoms with Gasteiger partial charge in [-0.25, -0.2) is 0 Å². The molecule has 1 aromatic rings. The molecule has 0 saturated carbocycles. The summed E-state index contributed by atoms with van der Waals surface area (Å²) in [6, 6.07) is 5.53. The maximum absolute atomic E-state index is 9.29. The van der Waals surface area contributed by atoms with Crippen molar-refractivity contribution in [3.63, 3.8) is 0 Å². The molecule has 0 heterocycles. The average molecular weight is 160 g/mol. The van der Waals surface area contributed by atoms with Gasteiger partial charge in [0.15, 0.2) is 0 Å². The van der Waals surface area contributed by atoms with Crippen molar-refractivity contribution in [1.82, 2.24) is 0 Å². The Balaban J connectivity index is 2.15. The van der Waals surface area contributed by atoms with Crippen molar-refractivity contribution in [3.8, 4) is 18.1 Å². The molecule has 0 amide bonds. The van der Waals surface area contributed by atoms with Crippen LogP contribution in [0.25, 0.3) is 0 Å². The summed E-state index contributed by atoms with van der Waals surface area (Å²) in [6.45, 7) is 0.277. The molecule has 0 radical (unpaired) electrons. The van der Waals surface area contributed by atoms with Crippen molar-refractivity contribution in [1.29, 1.82) is 0 Å². The minimum absolute atomic E-state index is 0.277. The molecule has 0 spiro atoms. The van der Waals surface area contributed by atoms with Crippen molar-refractivity contribution in [2.75, 3.05) is 6.61 Å². The van der Waals surface area contributed by atoms with Gasteiger partial charge in [0.2, 0.25) is 0 Å². The number of hydrogen-bond acceptors (Lipinski definition) is 2. The first-order chi connectivity index (χ1) is 5.81. The van der Waals surface area contributed by atoms with Gasteiger partial charge in [0.25, 0.3) is 0 Å². The zero-order chi connectivity index (χ0) is 8.55. The molecule has 2 aliphatic carbocycles. The second kappa shape index (κ2) is 2.54. The first-order valence-corrected chi connectivity index (χ1v) is 3.70. The van der Waals surface area contributed by atoms with Gasteiger partial charge in [0, 0.05) is 0 Å². The molecular formula is C10H8O2. The summed E-state index contributed by atoms with van der Waals surface area (Å²) in [4.78, 5) is 0. The molecule has 2 heteroatoms. The first kappa shape index (κ1) is 7.20. The minimum atomic E-state index is -0.400. The molecule has 0 aliphatic heterocycles. The summed E-state index contributed by atoms with van der Waals surface area (Å²) in [6.07, 6.45) is 4.63. The van der Waals surface area contributed by atoms with E-state index in [0.717, 1.165) is 16.9 Å². The topological polar surface area (TPSA) is 29.5 Å². The quantitative estimate of drug-likeness (QED) is 0.656. The largest absolute Gasteiger partial charge is 0.481 e. The number of terminal acetylenes is 1. The van der Waals surface area contributed by atoms with Crippen LogP contribution in [0, 0.1) is 12.3 Å². The maximum Gasteiger partial charge on any atom is 0.148 e. The lowest BCUT2D eigenvalue weighted by atomic mass is 9.89. The van der Waals surface area contributed by atoms with Gasteiger partial charge in [0.1, 0.15) is 18.5 Å². The third kappa shape index (κ3) is 0.956. The van der Waals surface area contributed by atoms with Gasteiger partial charge >= 0.3 is 0 Å². The predicted octanol–water partition coefficient (Wildman–Crippen LogP) is 1.09. The van der Waals surface area contributed by atoms with Gasteiger partial charge in [-0.2, -0.15) is 0 Å². The Bertz CT molecular complexity index is 327. The summed E-state index contributed by atoms with van der Waals surface area (Å²) in [5.74, 6) is 3.12. The number of benzene rings is 1. The lowest BCUT2D eigenvalue weighted by molar-refractivity contribution is 0.204. The highest BCUT2D eigenvalue weighted by molar-refractivity contribution is 5.48. The fourth-order valence-electron chi connectivity index (χ4n) is 1.27. The standard InChI is InChI=1S/C10H8O2/c1-2-3-12-9-5-7-4-8(6-9)10(7)11/h1,4-6,10-11H,3H2. The molecule has 0 fully saturated rings. The van der Waals surface area contributed by atoms with Crippen LogP contribution in [-0.4, -0.2) is 11.7 Å². The third-order valence-electron chi connectivity index (χ3n) is 1.90. The third-order valence-corrected chi connectivity index (χ3v) is 1.90. The van der Waals surface area contributed by atoms with E-state index in [9.17, 15) is 5.11 Å². The fraction of sp³-hybridized carbons (Fsp3) is 0.200. The summed E-state index contributed by atoms with van der Waals surface area (Å²) in [5, 5.41) is 9.29. The normalized spacial score (nSPS) is 13.3. The Hall–Kier alpha value is -1.46. The molecule has 1 aromatic carbocycles. The summed E-state index contributed by atoms with van der Waals surface area (Å²) in [5.41, 5.74) is 1.80. The molecule has 2 aliphatic rings. The van der Waals surface area contributed by atoms with Crippen LogP contribution in [0.3, 0.4) is 0 Å². The van der Waals surface area contributed by atoms with Gasteiger partial charge in [-0.1, -0.05) is 5.92 Å². The van der Waals surface area contributed by atoms with Crippen LogP contribution in [0.4, 0.5) is 0 Å². The molecule has 12 heavy (non-hydrogen) atoms. The highest BCUT2D eigenvalue weighted by atomic mass is 16.5. The number of ether oxygens (including phenoxy) is 1. The van der Waals surface area contributed by atoms with Crippen molar-refractivity contribution < 1.29 is 9.84 Å². The molecule has 1 N–H and O–H groups in total. The lowest BCUT2D eigenvalue weighted by Crippen LogP contribution is -2.11.